The summed E-state index contributed by atoms with van der Waals surface area (Å²) in [5.74, 6) is 0.676. The lowest BCUT2D eigenvalue weighted by molar-refractivity contribution is 0.954. The van der Waals surface area contributed by atoms with Crippen molar-refractivity contribution in [3.63, 3.8) is 0 Å². The molecule has 56 valence electrons. The molecule has 0 atom stereocenters. The molecule has 0 aliphatic rings. The molecule has 0 fully saturated rings. The lowest BCUT2D eigenvalue weighted by atomic mass is 10.3. The lowest BCUT2D eigenvalue weighted by Crippen LogP contribution is -1.81. The van der Waals surface area contributed by atoms with Crippen molar-refractivity contribution in [2.24, 2.45) is 0 Å². The fourth-order valence-electron chi connectivity index (χ4n) is 0.869. The van der Waals surface area contributed by atoms with Gasteiger partial charge in [0, 0.05) is 11.9 Å². The summed E-state index contributed by atoms with van der Waals surface area (Å²) in [5.41, 5.74) is 2.49. The third kappa shape index (κ3) is 1.07. The van der Waals surface area contributed by atoms with Crippen molar-refractivity contribution >= 4 is 23.8 Å². The maximum atomic E-state index is 4.12. The number of aromatic nitrogens is 4. The fourth-order valence-corrected chi connectivity index (χ4v) is 1.04. The number of fused-ring (bicyclic) bond motifs is 1. The molecule has 2 aromatic heterocycles. The highest BCUT2D eigenvalue weighted by Crippen LogP contribution is 2.08. The van der Waals surface area contributed by atoms with E-state index < -0.39 is 0 Å². The molecule has 0 spiro atoms. The number of H-pyrrole nitrogens is 1. The number of nitrogens with one attached hydrogen (secondary N) is 1. The topological polar surface area (TPSA) is 54.5 Å². The Morgan fingerprint density at radius 1 is 1.45 bits per heavy atom. The molecule has 0 bridgehead atoms. The van der Waals surface area contributed by atoms with Gasteiger partial charge >= 0.3 is 0 Å². The molecule has 0 aromatic carbocycles. The quantitative estimate of drug-likeness (QED) is 0.615. The first-order chi connectivity index (χ1) is 5.40. The predicted molar refractivity (Wildman–Crippen MR) is 44.4 cm³/mol. The van der Waals surface area contributed by atoms with Crippen molar-refractivity contribution < 1.29 is 0 Å². The number of rotatable bonds is 1. The molecule has 2 rings (SSSR count). The third-order valence-electron chi connectivity index (χ3n) is 1.41. The summed E-state index contributed by atoms with van der Waals surface area (Å²) in [6.07, 6.45) is 1.75. The van der Waals surface area contributed by atoms with Gasteiger partial charge in [-0.1, -0.05) is 0 Å². The van der Waals surface area contributed by atoms with Crippen LogP contribution in [0.5, 0.6) is 0 Å². The van der Waals surface area contributed by atoms with Crippen molar-refractivity contribution in [2.45, 2.75) is 5.75 Å². The number of hydrogen-bond donors (Lipinski definition) is 2. The van der Waals surface area contributed by atoms with Gasteiger partial charge in [-0.2, -0.15) is 22.9 Å². The second kappa shape index (κ2) is 2.50. The highest BCUT2D eigenvalue weighted by atomic mass is 32.1. The van der Waals surface area contributed by atoms with Crippen molar-refractivity contribution in [2.75, 3.05) is 0 Å². The van der Waals surface area contributed by atoms with Crippen LogP contribution in [0.25, 0.3) is 11.2 Å². The molecule has 5 heteroatoms. The summed E-state index contributed by atoms with van der Waals surface area (Å²) in [7, 11) is 0. The van der Waals surface area contributed by atoms with Crippen LogP contribution in [0.15, 0.2) is 12.3 Å². The first-order valence-electron chi connectivity index (χ1n) is 3.16. The normalized spacial score (nSPS) is 10.6. The largest absolute Gasteiger partial charge is 0.233 e. The second-order valence-electron chi connectivity index (χ2n) is 2.17. The van der Waals surface area contributed by atoms with Crippen molar-refractivity contribution in [1.29, 1.82) is 0 Å². The Bertz CT molecular complexity index is 369. The van der Waals surface area contributed by atoms with E-state index in [1.807, 2.05) is 6.07 Å². The molecule has 0 saturated carbocycles. The van der Waals surface area contributed by atoms with Gasteiger partial charge in [-0.15, -0.1) is 5.10 Å². The van der Waals surface area contributed by atoms with Crippen molar-refractivity contribution in [1.82, 2.24) is 20.4 Å². The van der Waals surface area contributed by atoms with E-state index in [0.717, 1.165) is 11.1 Å². The standard InChI is InChI=1S/C6H6N4S/c11-3-4-1-5-6(7-2-4)9-10-8-5/h1-2,11H,3H2,(H,7,8,9,10). The molecule has 0 saturated heterocycles. The fraction of sp³-hybridized carbons (Fsp3) is 0.167. The number of pyridine rings is 1. The zero-order valence-corrected chi connectivity index (χ0v) is 6.55. The molecule has 1 N–H and O–H groups in total. The summed E-state index contributed by atoms with van der Waals surface area (Å²) in [4.78, 5) is 4.06. The van der Waals surface area contributed by atoms with Crippen molar-refractivity contribution in [3.8, 4) is 0 Å². The van der Waals surface area contributed by atoms with E-state index in [1.54, 1.807) is 6.20 Å². The van der Waals surface area contributed by atoms with Gasteiger partial charge in [-0.05, 0) is 11.6 Å². The molecule has 4 nitrogen and oxygen atoms in total. The van der Waals surface area contributed by atoms with Crippen LogP contribution in [0.4, 0.5) is 0 Å². The van der Waals surface area contributed by atoms with E-state index in [-0.39, 0.29) is 0 Å². The van der Waals surface area contributed by atoms with Crippen LogP contribution >= 0.6 is 12.6 Å². The molecule has 2 heterocycles. The Kier molecular flexibility index (Phi) is 1.50. The summed E-state index contributed by atoms with van der Waals surface area (Å²) in [6, 6.07) is 1.92. The van der Waals surface area contributed by atoms with Gasteiger partial charge in [0.2, 0.25) is 5.65 Å². The minimum Gasteiger partial charge on any atom is -0.233 e. The monoisotopic (exact) mass is 166 g/mol. The Labute approximate surface area is 68.4 Å². The van der Waals surface area contributed by atoms with E-state index in [0.29, 0.717) is 11.4 Å². The molecule has 0 aliphatic carbocycles. The van der Waals surface area contributed by atoms with Crippen LogP contribution in [0.1, 0.15) is 5.56 Å². The number of nitrogens with zero attached hydrogens (tertiary/aromatic N) is 3. The number of hydrogen-bond acceptors (Lipinski definition) is 4. The van der Waals surface area contributed by atoms with E-state index >= 15 is 0 Å². The van der Waals surface area contributed by atoms with E-state index in [1.165, 1.54) is 0 Å². The van der Waals surface area contributed by atoms with E-state index in [4.69, 9.17) is 0 Å². The van der Waals surface area contributed by atoms with Crippen LogP contribution < -0.4 is 0 Å². The van der Waals surface area contributed by atoms with Gasteiger partial charge in [0.25, 0.3) is 0 Å². The summed E-state index contributed by atoms with van der Waals surface area (Å²) < 4.78 is 0. The summed E-state index contributed by atoms with van der Waals surface area (Å²) in [5, 5.41) is 10.2. The Hall–Kier alpha value is -1.10. The zero-order valence-electron chi connectivity index (χ0n) is 5.65. The molecule has 2 aromatic rings. The third-order valence-corrected chi connectivity index (χ3v) is 1.78. The van der Waals surface area contributed by atoms with E-state index in [9.17, 15) is 0 Å². The van der Waals surface area contributed by atoms with Gasteiger partial charge in [0.1, 0.15) is 5.52 Å². The van der Waals surface area contributed by atoms with Gasteiger partial charge in [-0.3, -0.25) is 0 Å². The minimum atomic E-state index is 0.649. The second-order valence-corrected chi connectivity index (χ2v) is 2.48. The van der Waals surface area contributed by atoms with Gasteiger partial charge in [0.05, 0.1) is 0 Å². The van der Waals surface area contributed by atoms with Crippen LogP contribution in [-0.4, -0.2) is 20.4 Å². The predicted octanol–water partition coefficient (Wildman–Crippen LogP) is 0.783. The maximum absolute atomic E-state index is 4.12. The maximum Gasteiger partial charge on any atom is 0.201 e. The Morgan fingerprint density at radius 2 is 2.36 bits per heavy atom. The molecule has 0 aliphatic heterocycles. The molecule has 0 amide bonds. The van der Waals surface area contributed by atoms with Gasteiger partial charge < -0.3 is 0 Å². The van der Waals surface area contributed by atoms with Gasteiger partial charge in [0.15, 0.2) is 0 Å². The van der Waals surface area contributed by atoms with Crippen LogP contribution in [0.3, 0.4) is 0 Å². The Balaban J connectivity index is 2.67. The SMILES string of the molecule is SCc1cnc2n[nH]nc2c1. The molecule has 11 heavy (non-hydrogen) atoms. The highest BCUT2D eigenvalue weighted by molar-refractivity contribution is 7.79. The summed E-state index contributed by atoms with van der Waals surface area (Å²) >= 11 is 4.12. The molecular weight excluding hydrogens is 160 g/mol. The number of thiol groups is 1. The molecule has 0 unspecified atom stereocenters. The van der Waals surface area contributed by atoms with Crippen LogP contribution in [-0.2, 0) is 5.75 Å². The zero-order chi connectivity index (χ0) is 7.68. The molecular formula is C6H6N4S. The summed E-state index contributed by atoms with van der Waals surface area (Å²) in [6.45, 7) is 0. The first-order valence-corrected chi connectivity index (χ1v) is 3.79. The van der Waals surface area contributed by atoms with Crippen LogP contribution in [0.2, 0.25) is 0 Å². The highest BCUT2D eigenvalue weighted by Gasteiger charge is 1.98. The van der Waals surface area contributed by atoms with Crippen molar-refractivity contribution in [3.05, 3.63) is 17.8 Å². The lowest BCUT2D eigenvalue weighted by Gasteiger charge is -1.90. The van der Waals surface area contributed by atoms with Gasteiger partial charge in [-0.25, -0.2) is 4.98 Å². The van der Waals surface area contributed by atoms with E-state index in [2.05, 4.69) is 33.0 Å². The first kappa shape index (κ1) is 6.60. The average molecular weight is 166 g/mol. The average Bonchev–Trinajstić information content (AvgIpc) is 2.50. The number of aromatic amines is 1. The smallest absolute Gasteiger partial charge is 0.201 e. The van der Waals surface area contributed by atoms with Crippen LogP contribution in [0, 0.1) is 0 Å². The Morgan fingerprint density at radius 3 is 3.18 bits per heavy atom. The molecule has 0 radical (unpaired) electrons. The minimum absolute atomic E-state index is 0.649.